The van der Waals surface area contributed by atoms with Crippen molar-refractivity contribution in [1.82, 2.24) is 4.98 Å². The molecule has 2 aromatic heterocycles. The lowest BCUT2D eigenvalue weighted by Gasteiger charge is -2.07. The molecule has 0 aliphatic rings. The number of nitro benzene ring substituents is 1. The Morgan fingerprint density at radius 2 is 2.22 bits per heavy atom. The Labute approximate surface area is 136 Å². The van der Waals surface area contributed by atoms with E-state index in [-0.39, 0.29) is 5.69 Å². The summed E-state index contributed by atoms with van der Waals surface area (Å²) in [5, 5.41) is 28.0. The lowest BCUT2D eigenvalue weighted by atomic mass is 10.1. The van der Waals surface area contributed by atoms with Crippen LogP contribution in [0.25, 0.3) is 10.9 Å². The number of rotatable bonds is 5. The second-order valence-electron chi connectivity index (χ2n) is 4.93. The predicted octanol–water partition coefficient (Wildman–Crippen LogP) is 3.73. The largest absolute Gasteiger partial charge is 0.370 e. The fraction of sp³-hybridized carbons (Fsp3) is 0.125. The molecule has 3 rings (SSSR count). The highest BCUT2D eigenvalue weighted by Gasteiger charge is 2.11. The molecule has 0 radical (unpaired) electrons. The number of thiophene rings is 1. The molecule has 23 heavy (non-hydrogen) atoms. The molecule has 0 saturated carbocycles. The first-order valence-electron chi connectivity index (χ1n) is 6.91. The molecule has 0 unspecified atom stereocenters. The van der Waals surface area contributed by atoms with Crippen LogP contribution in [-0.4, -0.2) is 16.5 Å². The molecule has 6 nitrogen and oxygen atoms in total. The molecule has 0 aliphatic carbocycles. The standard InChI is InChI=1S/C16H12N4O2S/c17-9-12-7-16(18-5-3-11-4-6-23-10-11)19-15-2-1-13(20(21)22)8-14(12)15/h1-2,4,6-8,10H,3,5H2,(H,18,19). The molecule has 3 aromatic rings. The molecule has 0 aliphatic heterocycles. The van der Waals surface area contributed by atoms with E-state index in [1.54, 1.807) is 23.5 Å². The summed E-state index contributed by atoms with van der Waals surface area (Å²) in [7, 11) is 0. The van der Waals surface area contributed by atoms with Gasteiger partial charge in [0.05, 0.1) is 22.1 Å². The van der Waals surface area contributed by atoms with Crippen molar-refractivity contribution < 1.29 is 4.92 Å². The fourth-order valence-electron chi connectivity index (χ4n) is 2.28. The van der Waals surface area contributed by atoms with Gasteiger partial charge in [0.25, 0.3) is 5.69 Å². The minimum absolute atomic E-state index is 0.0473. The summed E-state index contributed by atoms with van der Waals surface area (Å²) in [5.74, 6) is 0.595. The number of aromatic nitrogens is 1. The highest BCUT2D eigenvalue weighted by atomic mass is 32.1. The van der Waals surface area contributed by atoms with Crippen molar-refractivity contribution >= 4 is 33.7 Å². The van der Waals surface area contributed by atoms with E-state index < -0.39 is 4.92 Å². The van der Waals surface area contributed by atoms with Gasteiger partial charge in [-0.2, -0.15) is 16.6 Å². The zero-order valence-electron chi connectivity index (χ0n) is 12.0. The van der Waals surface area contributed by atoms with Gasteiger partial charge in [-0.3, -0.25) is 10.1 Å². The zero-order valence-corrected chi connectivity index (χ0v) is 12.8. The van der Waals surface area contributed by atoms with Gasteiger partial charge in [-0.25, -0.2) is 4.98 Å². The second kappa shape index (κ2) is 6.42. The van der Waals surface area contributed by atoms with Gasteiger partial charge >= 0.3 is 0 Å². The van der Waals surface area contributed by atoms with Crippen molar-refractivity contribution in [3.8, 4) is 6.07 Å². The van der Waals surface area contributed by atoms with E-state index in [4.69, 9.17) is 0 Å². The molecule has 114 valence electrons. The van der Waals surface area contributed by atoms with E-state index in [0.717, 1.165) is 6.42 Å². The van der Waals surface area contributed by atoms with Crippen LogP contribution < -0.4 is 5.32 Å². The van der Waals surface area contributed by atoms with Crippen molar-refractivity contribution in [2.24, 2.45) is 0 Å². The zero-order chi connectivity index (χ0) is 16.2. The van der Waals surface area contributed by atoms with Gasteiger partial charge in [0.2, 0.25) is 0 Å². The number of nitrogens with zero attached hydrogens (tertiary/aromatic N) is 3. The van der Waals surface area contributed by atoms with E-state index in [1.807, 2.05) is 5.38 Å². The fourth-order valence-corrected chi connectivity index (χ4v) is 2.98. The molecule has 0 amide bonds. The van der Waals surface area contributed by atoms with Crippen LogP contribution in [0, 0.1) is 21.4 Å². The van der Waals surface area contributed by atoms with Crippen LogP contribution in [0.4, 0.5) is 11.5 Å². The van der Waals surface area contributed by atoms with Gasteiger partial charge in [-0.1, -0.05) is 0 Å². The van der Waals surface area contributed by atoms with Crippen molar-refractivity contribution in [3.05, 3.63) is 62.3 Å². The van der Waals surface area contributed by atoms with E-state index in [1.165, 1.54) is 17.7 Å². The predicted molar refractivity (Wildman–Crippen MR) is 89.6 cm³/mol. The number of nitro groups is 1. The van der Waals surface area contributed by atoms with E-state index in [9.17, 15) is 15.4 Å². The molecule has 2 heterocycles. The Morgan fingerprint density at radius 1 is 1.35 bits per heavy atom. The molecule has 0 atom stereocenters. The van der Waals surface area contributed by atoms with Crippen LogP contribution in [-0.2, 0) is 6.42 Å². The summed E-state index contributed by atoms with van der Waals surface area (Å²) in [6.45, 7) is 0.701. The van der Waals surface area contributed by atoms with Crippen molar-refractivity contribution in [2.75, 3.05) is 11.9 Å². The third-order valence-corrected chi connectivity index (χ3v) is 4.16. The first-order valence-corrected chi connectivity index (χ1v) is 7.86. The second-order valence-corrected chi connectivity index (χ2v) is 5.71. The number of non-ortho nitro benzene ring substituents is 1. The average Bonchev–Trinajstić information content (AvgIpc) is 3.07. The maximum absolute atomic E-state index is 10.9. The first-order chi connectivity index (χ1) is 11.2. The van der Waals surface area contributed by atoms with E-state index in [2.05, 4.69) is 27.8 Å². The SMILES string of the molecule is N#Cc1cc(NCCc2ccsc2)nc2ccc([N+](=O)[O-])cc12. The topological polar surface area (TPSA) is 91.8 Å². The van der Waals surface area contributed by atoms with Crippen molar-refractivity contribution in [1.29, 1.82) is 5.26 Å². The van der Waals surface area contributed by atoms with Crippen LogP contribution in [0.5, 0.6) is 0 Å². The van der Waals surface area contributed by atoms with Gasteiger partial charge in [0.1, 0.15) is 5.82 Å². The van der Waals surface area contributed by atoms with Crippen LogP contribution >= 0.6 is 11.3 Å². The van der Waals surface area contributed by atoms with Crippen molar-refractivity contribution in [3.63, 3.8) is 0 Å². The van der Waals surface area contributed by atoms with Gasteiger partial charge < -0.3 is 5.32 Å². The molecular formula is C16H12N4O2S. The summed E-state index contributed by atoms with van der Waals surface area (Å²) in [6, 6.07) is 10.1. The number of anilines is 1. The number of fused-ring (bicyclic) bond motifs is 1. The monoisotopic (exact) mass is 324 g/mol. The normalized spacial score (nSPS) is 10.4. The molecule has 0 spiro atoms. The Bertz CT molecular complexity index is 900. The number of hydrogen-bond acceptors (Lipinski definition) is 6. The maximum Gasteiger partial charge on any atom is 0.270 e. The summed E-state index contributed by atoms with van der Waals surface area (Å²) < 4.78 is 0. The van der Waals surface area contributed by atoms with Crippen molar-refractivity contribution in [2.45, 2.75) is 6.42 Å². The summed E-state index contributed by atoms with van der Waals surface area (Å²) in [5.41, 5.74) is 2.14. The van der Waals surface area contributed by atoms with Crippen LogP contribution in [0.1, 0.15) is 11.1 Å². The summed E-state index contributed by atoms with van der Waals surface area (Å²) in [6.07, 6.45) is 0.866. The Morgan fingerprint density at radius 3 is 2.91 bits per heavy atom. The first kappa shape index (κ1) is 14.9. The van der Waals surface area contributed by atoms with Crippen LogP contribution in [0.15, 0.2) is 41.1 Å². The average molecular weight is 324 g/mol. The molecule has 0 saturated heterocycles. The van der Waals surface area contributed by atoms with E-state index in [0.29, 0.717) is 28.8 Å². The van der Waals surface area contributed by atoms with Gasteiger partial charge in [-0.05, 0) is 40.9 Å². The van der Waals surface area contributed by atoms with Gasteiger partial charge in [0, 0.05) is 24.1 Å². The molecule has 1 N–H and O–H groups in total. The Balaban J connectivity index is 1.86. The van der Waals surface area contributed by atoms with Crippen LogP contribution in [0.2, 0.25) is 0 Å². The maximum atomic E-state index is 10.9. The number of nitrogens with one attached hydrogen (secondary N) is 1. The molecule has 1 aromatic carbocycles. The third kappa shape index (κ3) is 3.27. The highest BCUT2D eigenvalue weighted by Crippen LogP contribution is 2.24. The summed E-state index contributed by atoms with van der Waals surface area (Å²) in [4.78, 5) is 14.8. The number of pyridine rings is 1. The van der Waals surface area contributed by atoms with E-state index >= 15 is 0 Å². The molecular weight excluding hydrogens is 312 g/mol. The minimum atomic E-state index is -0.479. The minimum Gasteiger partial charge on any atom is -0.370 e. The Kier molecular flexibility index (Phi) is 4.17. The number of benzene rings is 1. The smallest absolute Gasteiger partial charge is 0.270 e. The molecule has 7 heteroatoms. The molecule has 0 bridgehead atoms. The lowest BCUT2D eigenvalue weighted by molar-refractivity contribution is -0.384. The molecule has 0 fully saturated rings. The van der Waals surface area contributed by atoms with Gasteiger partial charge in [0.15, 0.2) is 0 Å². The quantitative estimate of drug-likeness (QED) is 0.570. The number of nitriles is 1. The summed E-state index contributed by atoms with van der Waals surface area (Å²) >= 11 is 1.66. The Hall–Kier alpha value is -2.98. The van der Waals surface area contributed by atoms with Gasteiger partial charge in [-0.15, -0.1) is 0 Å². The third-order valence-electron chi connectivity index (χ3n) is 3.42. The lowest BCUT2D eigenvalue weighted by Crippen LogP contribution is -2.06. The number of hydrogen-bond donors (Lipinski definition) is 1. The van der Waals surface area contributed by atoms with Crippen LogP contribution in [0.3, 0.4) is 0 Å². The highest BCUT2D eigenvalue weighted by molar-refractivity contribution is 7.07.